The van der Waals surface area contributed by atoms with E-state index < -0.39 is 28.5 Å². The van der Waals surface area contributed by atoms with Crippen molar-refractivity contribution in [2.24, 2.45) is 0 Å². The number of benzene rings is 2. The number of amides is 1. The molecule has 2 aromatic carbocycles. The minimum Gasteiger partial charge on any atom is -0.452 e. The highest BCUT2D eigenvalue weighted by atomic mass is 35.5. The molecule has 2 aromatic rings. The number of carbonyl (C=O) groups is 2. The number of esters is 1. The normalized spacial score (nSPS) is 12.1. The van der Waals surface area contributed by atoms with Crippen LogP contribution in [0, 0.1) is 0 Å². The van der Waals surface area contributed by atoms with Gasteiger partial charge in [-0.25, -0.2) is 13.2 Å². The van der Waals surface area contributed by atoms with E-state index in [1.165, 1.54) is 36.4 Å². The number of hydrogen-bond donors (Lipinski definition) is 2. The predicted octanol–water partition coefficient (Wildman–Crippen LogP) is 3.60. The minimum atomic E-state index is -3.94. The van der Waals surface area contributed by atoms with E-state index >= 15 is 0 Å². The zero-order valence-corrected chi connectivity index (χ0v) is 17.7. The molecule has 0 aliphatic carbocycles. The lowest BCUT2D eigenvalue weighted by atomic mass is 10.2. The van der Waals surface area contributed by atoms with Crippen LogP contribution in [0.15, 0.2) is 53.4 Å². The molecule has 0 heterocycles. The molecular formula is C20H23ClN2O5S. The van der Waals surface area contributed by atoms with Crippen molar-refractivity contribution in [3.63, 3.8) is 0 Å². The van der Waals surface area contributed by atoms with Gasteiger partial charge in [-0.3, -0.25) is 9.52 Å². The van der Waals surface area contributed by atoms with Gasteiger partial charge in [-0.2, -0.15) is 0 Å². The van der Waals surface area contributed by atoms with Gasteiger partial charge in [0.05, 0.1) is 16.1 Å². The topological polar surface area (TPSA) is 102 Å². The maximum atomic E-state index is 12.6. The summed E-state index contributed by atoms with van der Waals surface area (Å²) in [6.45, 7) is 3.42. The van der Waals surface area contributed by atoms with E-state index in [0.29, 0.717) is 5.02 Å². The first-order valence-electron chi connectivity index (χ1n) is 9.07. The molecule has 29 heavy (non-hydrogen) atoms. The molecule has 1 unspecified atom stereocenters. The number of anilines is 1. The smallest absolute Gasteiger partial charge is 0.340 e. The number of para-hydroxylation sites is 1. The molecule has 0 aliphatic rings. The van der Waals surface area contributed by atoms with Gasteiger partial charge in [0, 0.05) is 11.1 Å². The molecule has 9 heteroatoms. The van der Waals surface area contributed by atoms with Crippen LogP contribution in [0.4, 0.5) is 5.69 Å². The minimum absolute atomic E-state index is 0.000514. The Morgan fingerprint density at radius 2 is 1.76 bits per heavy atom. The number of carbonyl (C=O) groups excluding carboxylic acids is 2. The Morgan fingerprint density at radius 3 is 2.41 bits per heavy atom. The van der Waals surface area contributed by atoms with Crippen LogP contribution in [-0.2, 0) is 19.6 Å². The van der Waals surface area contributed by atoms with Gasteiger partial charge in [0.2, 0.25) is 0 Å². The largest absolute Gasteiger partial charge is 0.452 e. The molecule has 1 atom stereocenters. The molecule has 0 saturated carbocycles. The molecule has 156 valence electrons. The lowest BCUT2D eigenvalue weighted by Crippen LogP contribution is -2.35. The molecule has 2 rings (SSSR count). The summed E-state index contributed by atoms with van der Waals surface area (Å²) in [5.74, 6) is -1.23. The van der Waals surface area contributed by atoms with E-state index in [2.05, 4.69) is 10.0 Å². The van der Waals surface area contributed by atoms with Crippen molar-refractivity contribution in [2.45, 2.75) is 37.6 Å². The maximum Gasteiger partial charge on any atom is 0.340 e. The molecule has 7 nitrogen and oxygen atoms in total. The second-order valence-corrected chi connectivity index (χ2v) is 8.56. The van der Waals surface area contributed by atoms with Crippen LogP contribution in [0.5, 0.6) is 0 Å². The van der Waals surface area contributed by atoms with Crippen LogP contribution in [0.25, 0.3) is 0 Å². The van der Waals surface area contributed by atoms with Crippen molar-refractivity contribution < 1.29 is 22.7 Å². The standard InChI is InChI=1S/C20H23ClN2O5S/c1-3-6-14(2)22-19(24)13-28-20(25)17-7-4-5-8-18(17)23-29(26,27)16-11-9-15(21)10-12-16/h4-5,7-12,14,23H,3,6,13H2,1-2H3,(H,22,24). The van der Waals surface area contributed by atoms with Gasteiger partial charge in [-0.1, -0.05) is 37.1 Å². The Bertz CT molecular complexity index is 961. The van der Waals surface area contributed by atoms with Crippen LogP contribution in [0.1, 0.15) is 37.0 Å². The third-order valence-electron chi connectivity index (χ3n) is 3.98. The van der Waals surface area contributed by atoms with Gasteiger partial charge < -0.3 is 10.1 Å². The molecule has 0 fully saturated rings. The van der Waals surface area contributed by atoms with Crippen molar-refractivity contribution in [2.75, 3.05) is 11.3 Å². The van der Waals surface area contributed by atoms with Crippen LogP contribution in [0.2, 0.25) is 5.02 Å². The number of sulfonamides is 1. The summed E-state index contributed by atoms with van der Waals surface area (Å²) in [7, 11) is -3.94. The molecule has 0 spiro atoms. The summed E-state index contributed by atoms with van der Waals surface area (Å²) in [5, 5.41) is 3.13. The molecule has 0 radical (unpaired) electrons. The summed E-state index contributed by atoms with van der Waals surface area (Å²) in [6.07, 6.45) is 1.73. The molecule has 2 N–H and O–H groups in total. The van der Waals surface area contributed by atoms with Gasteiger partial charge >= 0.3 is 5.97 Å². The number of nitrogens with one attached hydrogen (secondary N) is 2. The predicted molar refractivity (Wildman–Crippen MR) is 111 cm³/mol. The Hall–Kier alpha value is -2.58. The first-order chi connectivity index (χ1) is 13.7. The Morgan fingerprint density at radius 1 is 1.10 bits per heavy atom. The number of rotatable bonds is 9. The zero-order valence-electron chi connectivity index (χ0n) is 16.1. The highest BCUT2D eigenvalue weighted by molar-refractivity contribution is 7.92. The Kier molecular flexibility index (Phi) is 8.04. The number of ether oxygens (including phenoxy) is 1. The lowest BCUT2D eigenvalue weighted by molar-refractivity contribution is -0.124. The van der Waals surface area contributed by atoms with Crippen molar-refractivity contribution in [3.8, 4) is 0 Å². The van der Waals surface area contributed by atoms with Crippen molar-refractivity contribution in [3.05, 3.63) is 59.1 Å². The van der Waals surface area contributed by atoms with Crippen LogP contribution >= 0.6 is 11.6 Å². The highest BCUT2D eigenvalue weighted by Crippen LogP contribution is 2.22. The fraction of sp³-hybridized carbons (Fsp3) is 0.300. The van der Waals surface area contributed by atoms with Crippen LogP contribution in [0.3, 0.4) is 0 Å². The molecular weight excluding hydrogens is 416 g/mol. The fourth-order valence-corrected chi connectivity index (χ4v) is 3.80. The van der Waals surface area contributed by atoms with Crippen molar-refractivity contribution >= 4 is 39.2 Å². The van der Waals surface area contributed by atoms with Crippen molar-refractivity contribution in [1.82, 2.24) is 5.32 Å². The second-order valence-electron chi connectivity index (χ2n) is 6.44. The van der Waals surface area contributed by atoms with E-state index in [0.717, 1.165) is 12.8 Å². The third kappa shape index (κ3) is 6.76. The Labute approximate surface area is 175 Å². The molecule has 0 aliphatic heterocycles. The zero-order chi connectivity index (χ0) is 21.4. The third-order valence-corrected chi connectivity index (χ3v) is 5.61. The highest BCUT2D eigenvalue weighted by Gasteiger charge is 2.20. The average Bonchev–Trinajstić information content (AvgIpc) is 2.66. The molecule has 0 saturated heterocycles. The van der Waals surface area contributed by atoms with E-state index in [1.54, 1.807) is 12.1 Å². The summed E-state index contributed by atoms with van der Waals surface area (Å²) in [5.41, 5.74) is 0.0478. The van der Waals surface area contributed by atoms with Crippen LogP contribution in [-0.4, -0.2) is 32.9 Å². The summed E-state index contributed by atoms with van der Waals surface area (Å²) < 4.78 is 32.5. The first kappa shape index (κ1) is 22.7. The number of hydrogen-bond acceptors (Lipinski definition) is 5. The molecule has 1 amide bonds. The SMILES string of the molecule is CCCC(C)NC(=O)COC(=O)c1ccccc1NS(=O)(=O)c1ccc(Cl)cc1. The van der Waals surface area contributed by atoms with E-state index in [-0.39, 0.29) is 22.2 Å². The fourth-order valence-electron chi connectivity index (χ4n) is 2.60. The molecule has 0 aromatic heterocycles. The number of halogens is 1. The summed E-state index contributed by atoms with van der Waals surface area (Å²) in [6, 6.07) is 11.6. The van der Waals surface area contributed by atoms with Gasteiger partial charge in [0.1, 0.15) is 0 Å². The maximum absolute atomic E-state index is 12.6. The summed E-state index contributed by atoms with van der Waals surface area (Å²) in [4.78, 5) is 24.3. The van der Waals surface area contributed by atoms with Crippen molar-refractivity contribution in [1.29, 1.82) is 0 Å². The van der Waals surface area contributed by atoms with E-state index in [4.69, 9.17) is 16.3 Å². The van der Waals surface area contributed by atoms with E-state index in [1.807, 2.05) is 13.8 Å². The van der Waals surface area contributed by atoms with Gasteiger partial charge in [0.25, 0.3) is 15.9 Å². The van der Waals surface area contributed by atoms with Gasteiger partial charge in [-0.05, 0) is 49.7 Å². The van der Waals surface area contributed by atoms with Crippen LogP contribution < -0.4 is 10.0 Å². The second kappa shape index (κ2) is 10.3. The van der Waals surface area contributed by atoms with Gasteiger partial charge in [0.15, 0.2) is 6.61 Å². The van der Waals surface area contributed by atoms with Gasteiger partial charge in [-0.15, -0.1) is 0 Å². The molecule has 0 bridgehead atoms. The average molecular weight is 439 g/mol. The summed E-state index contributed by atoms with van der Waals surface area (Å²) >= 11 is 5.79. The van der Waals surface area contributed by atoms with E-state index in [9.17, 15) is 18.0 Å². The quantitative estimate of drug-likeness (QED) is 0.582. The lowest BCUT2D eigenvalue weighted by Gasteiger charge is -2.14. The Balaban J connectivity index is 2.09. The first-order valence-corrected chi connectivity index (χ1v) is 10.9. The monoisotopic (exact) mass is 438 g/mol.